The second-order valence-electron chi connectivity index (χ2n) is 9.95. The standard InChI is InChI=1S/C23H31N3O3/c1-14-11-26(12-15(2)29-14)21(28)18-10-16-8-9-22(18,3)13-23(16)24-19-7-5-4-6-17(19)20(27)25-23/h4-7,14-16,18,24H,8-13H2,1-3H3,(H,25,27)/t14-,15-,16-,18+,22+,23+/m1/s1. The van der Waals surface area contributed by atoms with Crippen LogP contribution < -0.4 is 10.6 Å². The fourth-order valence-electron chi connectivity index (χ4n) is 6.41. The molecule has 0 radical (unpaired) electrons. The lowest BCUT2D eigenvalue weighted by atomic mass is 9.51. The fourth-order valence-corrected chi connectivity index (χ4v) is 6.41. The smallest absolute Gasteiger partial charge is 0.255 e. The van der Waals surface area contributed by atoms with Crippen molar-refractivity contribution in [3.8, 4) is 0 Å². The number of benzene rings is 1. The van der Waals surface area contributed by atoms with Crippen LogP contribution in [0.5, 0.6) is 0 Å². The number of nitrogens with one attached hydrogen (secondary N) is 2. The number of hydrogen-bond donors (Lipinski definition) is 2. The summed E-state index contributed by atoms with van der Waals surface area (Å²) in [7, 11) is 0. The molecule has 156 valence electrons. The molecule has 1 saturated heterocycles. The molecule has 6 nitrogen and oxygen atoms in total. The number of para-hydroxylation sites is 1. The summed E-state index contributed by atoms with van der Waals surface area (Å²) in [6, 6.07) is 7.71. The van der Waals surface area contributed by atoms with Crippen molar-refractivity contribution in [2.75, 3.05) is 18.4 Å². The molecule has 4 fully saturated rings. The molecule has 6 atom stereocenters. The Morgan fingerprint density at radius 3 is 2.62 bits per heavy atom. The first-order chi connectivity index (χ1) is 13.8. The molecular formula is C23H31N3O3. The van der Waals surface area contributed by atoms with Crippen LogP contribution in [0.2, 0.25) is 0 Å². The molecule has 3 aliphatic carbocycles. The van der Waals surface area contributed by atoms with Crippen LogP contribution >= 0.6 is 0 Å². The summed E-state index contributed by atoms with van der Waals surface area (Å²) in [5, 5.41) is 6.98. The van der Waals surface area contributed by atoms with E-state index in [2.05, 4.69) is 17.6 Å². The highest BCUT2D eigenvalue weighted by molar-refractivity contribution is 6.02. The van der Waals surface area contributed by atoms with E-state index in [1.807, 2.05) is 43.0 Å². The number of rotatable bonds is 1. The SMILES string of the molecule is C[C@@H]1CN(C(=O)[C@@H]2C[C@H]3CC[C@@]2(C)C[C@]32NC(=O)c3ccccc3N2)C[C@@H](C)O1. The number of anilines is 1. The van der Waals surface area contributed by atoms with Gasteiger partial charge in [0.15, 0.2) is 0 Å². The summed E-state index contributed by atoms with van der Waals surface area (Å²) in [6.07, 6.45) is 3.84. The number of nitrogens with zero attached hydrogens (tertiary/aromatic N) is 1. The van der Waals surface area contributed by atoms with Gasteiger partial charge in [-0.15, -0.1) is 0 Å². The quantitative estimate of drug-likeness (QED) is 0.764. The Morgan fingerprint density at radius 2 is 1.90 bits per heavy atom. The number of ether oxygens (including phenoxy) is 1. The first-order valence-corrected chi connectivity index (χ1v) is 10.9. The van der Waals surface area contributed by atoms with E-state index < -0.39 is 5.66 Å². The van der Waals surface area contributed by atoms with Crippen molar-refractivity contribution in [2.24, 2.45) is 17.3 Å². The third-order valence-corrected chi connectivity index (χ3v) is 7.70. The summed E-state index contributed by atoms with van der Waals surface area (Å²) in [4.78, 5) is 28.4. The summed E-state index contributed by atoms with van der Waals surface area (Å²) in [6.45, 7) is 7.67. The minimum absolute atomic E-state index is 0.00537. The van der Waals surface area contributed by atoms with Crippen LogP contribution in [0.1, 0.15) is 56.8 Å². The Labute approximate surface area is 172 Å². The van der Waals surface area contributed by atoms with Crippen LogP contribution in [0, 0.1) is 17.3 Å². The van der Waals surface area contributed by atoms with Gasteiger partial charge >= 0.3 is 0 Å². The Balaban J connectivity index is 1.41. The predicted octanol–water partition coefficient (Wildman–Crippen LogP) is 3.00. The van der Waals surface area contributed by atoms with Crippen molar-refractivity contribution in [2.45, 2.75) is 64.3 Å². The number of amides is 2. The molecule has 2 heterocycles. The number of fused-ring (bicyclic) bond motifs is 3. The Morgan fingerprint density at radius 1 is 1.17 bits per heavy atom. The monoisotopic (exact) mass is 397 g/mol. The number of carbonyl (C=O) groups excluding carboxylic acids is 2. The van der Waals surface area contributed by atoms with E-state index in [0.29, 0.717) is 18.7 Å². The Bertz CT molecular complexity index is 848. The maximum Gasteiger partial charge on any atom is 0.255 e. The van der Waals surface area contributed by atoms with Gasteiger partial charge in [-0.25, -0.2) is 0 Å². The average molecular weight is 398 g/mol. The summed E-state index contributed by atoms with van der Waals surface area (Å²) >= 11 is 0. The lowest BCUT2D eigenvalue weighted by Gasteiger charge is -2.61. The predicted molar refractivity (Wildman–Crippen MR) is 110 cm³/mol. The van der Waals surface area contributed by atoms with Crippen LogP contribution in [0.4, 0.5) is 5.69 Å². The molecule has 3 saturated carbocycles. The maximum atomic E-state index is 13.5. The van der Waals surface area contributed by atoms with Gasteiger partial charge in [0.05, 0.1) is 17.8 Å². The van der Waals surface area contributed by atoms with E-state index in [0.717, 1.165) is 31.4 Å². The zero-order valence-electron chi connectivity index (χ0n) is 17.5. The third kappa shape index (κ3) is 2.95. The zero-order valence-corrected chi connectivity index (χ0v) is 17.5. The van der Waals surface area contributed by atoms with Crippen LogP contribution in [-0.4, -0.2) is 47.7 Å². The Hall–Kier alpha value is -2.08. The topological polar surface area (TPSA) is 70.7 Å². The largest absolute Gasteiger partial charge is 0.372 e. The zero-order chi connectivity index (χ0) is 20.4. The van der Waals surface area contributed by atoms with E-state index in [1.54, 1.807) is 0 Å². The molecule has 2 aliphatic heterocycles. The Kier molecular flexibility index (Phi) is 4.21. The van der Waals surface area contributed by atoms with Crippen LogP contribution in [0.3, 0.4) is 0 Å². The lowest BCUT2D eigenvalue weighted by Crippen LogP contribution is -2.70. The molecule has 1 aromatic rings. The van der Waals surface area contributed by atoms with Crippen LogP contribution in [-0.2, 0) is 9.53 Å². The van der Waals surface area contributed by atoms with Gasteiger partial charge in [0.2, 0.25) is 5.91 Å². The molecule has 0 unspecified atom stereocenters. The van der Waals surface area contributed by atoms with Gasteiger partial charge < -0.3 is 20.3 Å². The minimum atomic E-state index is -0.444. The van der Waals surface area contributed by atoms with E-state index in [-0.39, 0.29) is 41.3 Å². The molecule has 0 aromatic heterocycles. The van der Waals surface area contributed by atoms with Gasteiger partial charge in [0.1, 0.15) is 5.66 Å². The third-order valence-electron chi connectivity index (χ3n) is 7.70. The van der Waals surface area contributed by atoms with E-state index in [9.17, 15) is 9.59 Å². The van der Waals surface area contributed by atoms with Crippen molar-refractivity contribution in [1.82, 2.24) is 10.2 Å². The van der Waals surface area contributed by atoms with Gasteiger partial charge in [0.25, 0.3) is 5.91 Å². The molecule has 2 amide bonds. The average Bonchev–Trinajstić information content (AvgIpc) is 2.66. The minimum Gasteiger partial charge on any atom is -0.372 e. The van der Waals surface area contributed by atoms with Crippen LogP contribution in [0.15, 0.2) is 24.3 Å². The van der Waals surface area contributed by atoms with E-state index >= 15 is 0 Å². The highest BCUT2D eigenvalue weighted by atomic mass is 16.5. The second-order valence-corrected chi connectivity index (χ2v) is 9.95. The molecule has 2 bridgehead atoms. The molecule has 5 aliphatic rings. The number of morpholine rings is 1. The van der Waals surface area contributed by atoms with Gasteiger partial charge in [-0.3, -0.25) is 9.59 Å². The van der Waals surface area contributed by atoms with Crippen molar-refractivity contribution in [1.29, 1.82) is 0 Å². The van der Waals surface area contributed by atoms with Crippen LogP contribution in [0.25, 0.3) is 0 Å². The molecule has 6 heteroatoms. The molecular weight excluding hydrogens is 366 g/mol. The normalized spacial score (nSPS) is 40.9. The van der Waals surface area contributed by atoms with Gasteiger partial charge in [-0.05, 0) is 57.1 Å². The second kappa shape index (κ2) is 6.46. The van der Waals surface area contributed by atoms with Gasteiger partial charge in [-0.1, -0.05) is 19.1 Å². The highest BCUT2D eigenvalue weighted by Crippen LogP contribution is 2.58. The van der Waals surface area contributed by atoms with E-state index in [4.69, 9.17) is 4.74 Å². The highest BCUT2D eigenvalue weighted by Gasteiger charge is 2.60. The number of hydrogen-bond acceptors (Lipinski definition) is 4. The summed E-state index contributed by atoms with van der Waals surface area (Å²) < 4.78 is 5.82. The fraction of sp³-hybridized carbons (Fsp3) is 0.652. The molecule has 1 spiro atoms. The molecule has 1 aromatic carbocycles. The first-order valence-electron chi connectivity index (χ1n) is 10.9. The van der Waals surface area contributed by atoms with Gasteiger partial charge in [-0.2, -0.15) is 0 Å². The van der Waals surface area contributed by atoms with Crippen molar-refractivity contribution in [3.05, 3.63) is 29.8 Å². The maximum absolute atomic E-state index is 13.5. The first kappa shape index (κ1) is 18.9. The van der Waals surface area contributed by atoms with Crippen molar-refractivity contribution >= 4 is 17.5 Å². The van der Waals surface area contributed by atoms with Crippen molar-refractivity contribution < 1.29 is 14.3 Å². The number of carbonyl (C=O) groups is 2. The molecule has 2 N–H and O–H groups in total. The summed E-state index contributed by atoms with van der Waals surface area (Å²) in [5.74, 6) is 0.539. The molecule has 29 heavy (non-hydrogen) atoms. The van der Waals surface area contributed by atoms with Gasteiger partial charge in [0, 0.05) is 30.6 Å². The van der Waals surface area contributed by atoms with Crippen molar-refractivity contribution in [3.63, 3.8) is 0 Å². The lowest BCUT2D eigenvalue weighted by molar-refractivity contribution is -0.161. The molecule has 6 rings (SSSR count). The summed E-state index contributed by atoms with van der Waals surface area (Å²) in [5.41, 5.74) is 1.05. The van der Waals surface area contributed by atoms with E-state index in [1.165, 1.54) is 0 Å².